The minimum Gasteiger partial charge on any atom is -0.478 e. The molecule has 0 saturated carbocycles. The first-order valence-electron chi connectivity index (χ1n) is 4.81. The van der Waals surface area contributed by atoms with E-state index in [0.29, 0.717) is 9.51 Å². The zero-order valence-electron chi connectivity index (χ0n) is 9.17. The smallest absolute Gasteiger partial charge is 0.337 e. The number of amides is 2. The third-order valence-corrected chi connectivity index (χ3v) is 2.42. The highest BCUT2D eigenvalue weighted by Crippen LogP contribution is 2.21. The first-order chi connectivity index (χ1) is 8.40. The second-order valence-electron chi connectivity index (χ2n) is 3.32. The van der Waals surface area contributed by atoms with Crippen molar-refractivity contribution in [1.29, 1.82) is 0 Å². The minimum absolute atomic E-state index is 0.0350. The molecule has 0 aromatic heterocycles. The molecule has 1 rings (SSSR count). The van der Waals surface area contributed by atoms with Gasteiger partial charge in [0.1, 0.15) is 0 Å². The number of rotatable bonds is 4. The van der Waals surface area contributed by atoms with Crippen LogP contribution in [0.15, 0.2) is 29.3 Å². The number of urea groups is 1. The third kappa shape index (κ3) is 4.38. The van der Waals surface area contributed by atoms with E-state index in [2.05, 4.69) is 33.1 Å². The van der Waals surface area contributed by atoms with Crippen LogP contribution in [-0.2, 0) is 0 Å². The van der Waals surface area contributed by atoms with Crippen molar-refractivity contribution in [1.82, 2.24) is 5.32 Å². The summed E-state index contributed by atoms with van der Waals surface area (Å²) < 4.78 is 0.599. The van der Waals surface area contributed by atoms with Crippen LogP contribution in [0.1, 0.15) is 10.4 Å². The topological polar surface area (TPSA) is 78.4 Å². The lowest BCUT2D eigenvalue weighted by Crippen LogP contribution is -2.30. The molecular weight excluding hydrogens is 323 g/mol. The summed E-state index contributed by atoms with van der Waals surface area (Å²) in [6.07, 6.45) is 0. The molecule has 0 saturated heterocycles. The number of halogens is 2. The molecular formula is C11H10BrClN2O3. The van der Waals surface area contributed by atoms with Crippen molar-refractivity contribution in [2.75, 3.05) is 11.9 Å². The molecule has 0 heterocycles. The molecule has 0 radical (unpaired) electrons. The number of nitrogens with one attached hydrogen (secondary N) is 2. The standard InChI is InChI=1S/C11H10BrClN2O3/c1-6(12)5-14-11(18)15-9-4-7(13)2-3-8(9)10(16)17/h2-4H,1,5H2,(H,16,17)(H2,14,15,18). The van der Waals surface area contributed by atoms with Gasteiger partial charge in [-0.1, -0.05) is 34.1 Å². The van der Waals surface area contributed by atoms with Crippen molar-refractivity contribution in [2.45, 2.75) is 0 Å². The zero-order valence-corrected chi connectivity index (χ0v) is 11.5. The predicted octanol–water partition coefficient (Wildman–Crippen LogP) is 3.07. The van der Waals surface area contributed by atoms with Crippen molar-refractivity contribution < 1.29 is 14.7 Å². The Morgan fingerprint density at radius 2 is 2.11 bits per heavy atom. The van der Waals surface area contributed by atoms with Crippen LogP contribution in [0.25, 0.3) is 0 Å². The van der Waals surface area contributed by atoms with Crippen LogP contribution >= 0.6 is 27.5 Å². The Labute approximate surface area is 117 Å². The van der Waals surface area contributed by atoms with Gasteiger partial charge in [0.15, 0.2) is 0 Å². The fourth-order valence-corrected chi connectivity index (χ4v) is 1.46. The van der Waals surface area contributed by atoms with Gasteiger partial charge in [-0.05, 0) is 18.2 Å². The van der Waals surface area contributed by atoms with Gasteiger partial charge in [-0.2, -0.15) is 0 Å². The molecule has 0 unspecified atom stereocenters. The summed E-state index contributed by atoms with van der Waals surface area (Å²) >= 11 is 8.83. The summed E-state index contributed by atoms with van der Waals surface area (Å²) in [7, 11) is 0. The van der Waals surface area contributed by atoms with E-state index < -0.39 is 12.0 Å². The van der Waals surface area contributed by atoms with Crippen LogP contribution in [0.4, 0.5) is 10.5 Å². The SMILES string of the molecule is C=C(Br)CNC(=O)Nc1cc(Cl)ccc1C(=O)O. The highest BCUT2D eigenvalue weighted by Gasteiger charge is 2.12. The molecule has 7 heteroatoms. The molecule has 0 aliphatic rings. The lowest BCUT2D eigenvalue weighted by molar-refractivity contribution is 0.0698. The van der Waals surface area contributed by atoms with Gasteiger partial charge in [0.05, 0.1) is 17.8 Å². The number of hydrogen-bond acceptors (Lipinski definition) is 2. The number of benzene rings is 1. The van der Waals surface area contributed by atoms with Gasteiger partial charge in [-0.3, -0.25) is 0 Å². The molecule has 1 aromatic rings. The Morgan fingerprint density at radius 1 is 1.44 bits per heavy atom. The monoisotopic (exact) mass is 332 g/mol. The highest BCUT2D eigenvalue weighted by atomic mass is 79.9. The molecule has 18 heavy (non-hydrogen) atoms. The normalized spacial score (nSPS) is 9.67. The zero-order chi connectivity index (χ0) is 13.7. The molecule has 0 spiro atoms. The maximum Gasteiger partial charge on any atom is 0.337 e. The largest absolute Gasteiger partial charge is 0.478 e. The average molecular weight is 334 g/mol. The third-order valence-electron chi connectivity index (χ3n) is 1.90. The van der Waals surface area contributed by atoms with Crippen LogP contribution in [-0.4, -0.2) is 23.7 Å². The van der Waals surface area contributed by atoms with Gasteiger partial charge >= 0.3 is 12.0 Å². The van der Waals surface area contributed by atoms with E-state index in [9.17, 15) is 9.59 Å². The molecule has 0 aliphatic heterocycles. The number of anilines is 1. The van der Waals surface area contributed by atoms with E-state index in [1.807, 2.05) is 0 Å². The first-order valence-corrected chi connectivity index (χ1v) is 5.98. The molecule has 96 valence electrons. The lowest BCUT2D eigenvalue weighted by atomic mass is 10.2. The number of carboxylic acid groups (broad SMARTS) is 1. The predicted molar refractivity (Wildman–Crippen MR) is 73.5 cm³/mol. The molecule has 2 amide bonds. The Hall–Kier alpha value is -1.53. The van der Waals surface area contributed by atoms with Crippen LogP contribution < -0.4 is 10.6 Å². The van der Waals surface area contributed by atoms with E-state index >= 15 is 0 Å². The van der Waals surface area contributed by atoms with Gasteiger partial charge in [0, 0.05) is 9.51 Å². The number of carboxylic acids is 1. The number of carbonyl (C=O) groups is 2. The van der Waals surface area contributed by atoms with Crippen molar-refractivity contribution >= 4 is 45.2 Å². The molecule has 3 N–H and O–H groups in total. The summed E-state index contributed by atoms with van der Waals surface area (Å²) in [6.45, 7) is 3.78. The van der Waals surface area contributed by atoms with Gasteiger partial charge in [0.2, 0.25) is 0 Å². The van der Waals surface area contributed by atoms with E-state index in [1.165, 1.54) is 18.2 Å². The lowest BCUT2D eigenvalue weighted by Gasteiger charge is -2.09. The van der Waals surface area contributed by atoms with Crippen molar-refractivity contribution in [3.05, 3.63) is 39.8 Å². The second kappa shape index (κ2) is 6.42. The van der Waals surface area contributed by atoms with Crippen molar-refractivity contribution in [3.63, 3.8) is 0 Å². The van der Waals surface area contributed by atoms with Crippen molar-refractivity contribution in [2.24, 2.45) is 0 Å². The van der Waals surface area contributed by atoms with Gasteiger partial charge in [-0.25, -0.2) is 9.59 Å². The Balaban J connectivity index is 2.82. The number of aromatic carboxylic acids is 1. The quantitative estimate of drug-likeness (QED) is 0.792. The average Bonchev–Trinajstić information content (AvgIpc) is 2.26. The molecule has 0 aliphatic carbocycles. The fraction of sp³-hybridized carbons (Fsp3) is 0.0909. The molecule has 0 bridgehead atoms. The number of hydrogen-bond donors (Lipinski definition) is 3. The van der Waals surface area contributed by atoms with E-state index in [4.69, 9.17) is 16.7 Å². The van der Waals surface area contributed by atoms with E-state index in [0.717, 1.165) is 0 Å². The Kier molecular flexibility index (Phi) is 5.18. The van der Waals surface area contributed by atoms with E-state index in [-0.39, 0.29) is 17.8 Å². The maximum absolute atomic E-state index is 11.5. The molecule has 0 atom stereocenters. The van der Waals surface area contributed by atoms with Crippen LogP contribution in [0.3, 0.4) is 0 Å². The fourth-order valence-electron chi connectivity index (χ4n) is 1.15. The molecule has 0 fully saturated rings. The second-order valence-corrected chi connectivity index (χ2v) is 4.88. The van der Waals surface area contributed by atoms with Crippen molar-refractivity contribution in [3.8, 4) is 0 Å². The molecule has 5 nitrogen and oxygen atoms in total. The van der Waals surface area contributed by atoms with E-state index in [1.54, 1.807) is 0 Å². The summed E-state index contributed by atoms with van der Waals surface area (Å²) in [4.78, 5) is 22.4. The van der Waals surface area contributed by atoms with Crippen LogP contribution in [0.5, 0.6) is 0 Å². The summed E-state index contributed by atoms with van der Waals surface area (Å²) in [6, 6.07) is 3.59. The van der Waals surface area contributed by atoms with Crippen LogP contribution in [0.2, 0.25) is 5.02 Å². The summed E-state index contributed by atoms with van der Waals surface area (Å²) in [5.74, 6) is -1.15. The summed E-state index contributed by atoms with van der Waals surface area (Å²) in [5, 5.41) is 14.2. The van der Waals surface area contributed by atoms with Gasteiger partial charge in [0.25, 0.3) is 0 Å². The molecule has 1 aromatic carbocycles. The Morgan fingerprint density at radius 3 is 2.67 bits per heavy atom. The van der Waals surface area contributed by atoms with Gasteiger partial charge < -0.3 is 15.7 Å². The minimum atomic E-state index is -1.15. The summed E-state index contributed by atoms with van der Waals surface area (Å²) in [5.41, 5.74) is 0.0971. The number of carbonyl (C=O) groups excluding carboxylic acids is 1. The van der Waals surface area contributed by atoms with Crippen LogP contribution in [0, 0.1) is 0 Å². The van der Waals surface area contributed by atoms with Gasteiger partial charge in [-0.15, -0.1) is 0 Å². The maximum atomic E-state index is 11.5. The Bertz CT molecular complexity index is 505. The highest BCUT2D eigenvalue weighted by molar-refractivity contribution is 9.11. The first kappa shape index (κ1) is 14.5.